The first-order valence-electron chi connectivity index (χ1n) is 5.32. The van der Waals surface area contributed by atoms with E-state index in [1.807, 2.05) is 0 Å². The second-order valence-corrected chi connectivity index (χ2v) is 4.14. The summed E-state index contributed by atoms with van der Waals surface area (Å²) in [5.41, 5.74) is 5.06. The number of nitrogens with two attached hydrogens (primary N) is 1. The molecule has 1 amide bonds. The molecule has 0 bridgehead atoms. The maximum absolute atomic E-state index is 11.7. The van der Waals surface area contributed by atoms with Gasteiger partial charge in [-0.05, 0) is 19.3 Å². The van der Waals surface area contributed by atoms with Gasteiger partial charge in [0.05, 0.1) is 5.54 Å². The summed E-state index contributed by atoms with van der Waals surface area (Å²) in [6, 6.07) is -0.821. The van der Waals surface area contributed by atoms with Crippen molar-refractivity contribution in [3.63, 3.8) is 0 Å². The van der Waals surface area contributed by atoms with Crippen LogP contribution in [0.1, 0.15) is 39.0 Å². The van der Waals surface area contributed by atoms with Crippen molar-refractivity contribution in [2.45, 2.75) is 50.6 Å². The minimum Gasteiger partial charge on any atom is -0.480 e. The van der Waals surface area contributed by atoms with Crippen molar-refractivity contribution in [2.24, 2.45) is 5.73 Å². The van der Waals surface area contributed by atoms with Gasteiger partial charge in [-0.25, -0.2) is 4.79 Å². The number of amides is 1. The number of carbonyl (C=O) groups is 2. The Balaban J connectivity index is 2.57. The molecule has 4 N–H and O–H groups in total. The third-order valence-corrected chi connectivity index (χ3v) is 2.96. The Hall–Kier alpha value is -1.10. The van der Waals surface area contributed by atoms with Crippen LogP contribution in [0.4, 0.5) is 0 Å². The molecule has 1 aliphatic carbocycles. The zero-order valence-electron chi connectivity index (χ0n) is 8.95. The first-order valence-corrected chi connectivity index (χ1v) is 5.32. The molecule has 1 saturated carbocycles. The lowest BCUT2D eigenvalue weighted by molar-refractivity contribution is -0.142. The minimum absolute atomic E-state index is 0.325. The van der Waals surface area contributed by atoms with Gasteiger partial charge in [0.1, 0.15) is 6.04 Å². The average molecular weight is 214 g/mol. The highest BCUT2D eigenvalue weighted by molar-refractivity contribution is 5.90. The summed E-state index contributed by atoms with van der Waals surface area (Å²) >= 11 is 0. The van der Waals surface area contributed by atoms with E-state index in [9.17, 15) is 9.59 Å². The number of rotatable bonds is 4. The molecule has 1 unspecified atom stereocenters. The number of nitrogens with one attached hydrogen (secondary N) is 1. The van der Waals surface area contributed by atoms with Gasteiger partial charge in [0, 0.05) is 0 Å². The highest BCUT2D eigenvalue weighted by atomic mass is 16.4. The zero-order chi connectivity index (χ0) is 11.5. The van der Waals surface area contributed by atoms with Gasteiger partial charge in [0.2, 0.25) is 5.91 Å². The lowest BCUT2D eigenvalue weighted by Gasteiger charge is -2.24. The van der Waals surface area contributed by atoms with Gasteiger partial charge in [-0.15, -0.1) is 0 Å². The molecule has 1 fully saturated rings. The van der Waals surface area contributed by atoms with Crippen LogP contribution >= 0.6 is 0 Å². The molecule has 0 aromatic heterocycles. The van der Waals surface area contributed by atoms with Crippen LogP contribution < -0.4 is 11.1 Å². The average Bonchev–Trinajstić information content (AvgIpc) is 2.61. The van der Waals surface area contributed by atoms with Crippen LogP contribution in [-0.2, 0) is 9.59 Å². The largest absolute Gasteiger partial charge is 0.480 e. The van der Waals surface area contributed by atoms with Crippen molar-refractivity contribution in [3.8, 4) is 0 Å². The predicted molar refractivity (Wildman–Crippen MR) is 55.2 cm³/mol. The fraction of sp³-hybridized carbons (Fsp3) is 0.800. The molecule has 0 aromatic carbocycles. The van der Waals surface area contributed by atoms with E-state index in [1.54, 1.807) is 6.92 Å². The van der Waals surface area contributed by atoms with Gasteiger partial charge in [0.15, 0.2) is 0 Å². The van der Waals surface area contributed by atoms with E-state index in [0.29, 0.717) is 19.3 Å². The second kappa shape index (κ2) is 4.61. The van der Waals surface area contributed by atoms with E-state index < -0.39 is 17.6 Å². The van der Waals surface area contributed by atoms with Crippen molar-refractivity contribution >= 4 is 11.9 Å². The number of carboxylic acid groups (broad SMARTS) is 1. The molecule has 0 aromatic rings. The van der Waals surface area contributed by atoms with E-state index in [-0.39, 0.29) is 5.91 Å². The van der Waals surface area contributed by atoms with E-state index in [1.165, 1.54) is 0 Å². The molecule has 0 aliphatic heterocycles. The number of hydrogen-bond donors (Lipinski definition) is 3. The van der Waals surface area contributed by atoms with Crippen LogP contribution in [0, 0.1) is 0 Å². The van der Waals surface area contributed by atoms with Crippen LogP contribution in [0.3, 0.4) is 0 Å². The van der Waals surface area contributed by atoms with Crippen LogP contribution in [0.5, 0.6) is 0 Å². The molecule has 1 rings (SSSR count). The molecular formula is C10H18N2O3. The Bertz CT molecular complexity index is 259. The highest BCUT2D eigenvalue weighted by Gasteiger charge is 2.38. The zero-order valence-corrected chi connectivity index (χ0v) is 8.95. The highest BCUT2D eigenvalue weighted by Crippen LogP contribution is 2.27. The molecule has 15 heavy (non-hydrogen) atoms. The fourth-order valence-corrected chi connectivity index (χ4v) is 1.87. The molecule has 1 atom stereocenters. The SMILES string of the molecule is CCC(NC(=O)C1(N)CCCC1)C(=O)O. The van der Waals surface area contributed by atoms with Gasteiger partial charge in [0.25, 0.3) is 0 Å². The molecule has 1 aliphatic rings. The van der Waals surface area contributed by atoms with Crippen molar-refractivity contribution in [1.82, 2.24) is 5.32 Å². The maximum Gasteiger partial charge on any atom is 0.326 e. The standard InChI is InChI=1S/C10H18N2O3/c1-2-7(8(13)14)12-9(15)10(11)5-3-4-6-10/h7H,2-6,11H2,1H3,(H,12,15)(H,13,14). The summed E-state index contributed by atoms with van der Waals surface area (Å²) in [6.07, 6.45) is 3.54. The quantitative estimate of drug-likeness (QED) is 0.625. The first-order chi connectivity index (χ1) is 6.99. The van der Waals surface area contributed by atoms with Crippen molar-refractivity contribution < 1.29 is 14.7 Å². The van der Waals surface area contributed by atoms with Crippen molar-refractivity contribution in [2.75, 3.05) is 0 Å². The Morgan fingerprint density at radius 3 is 2.40 bits per heavy atom. The Morgan fingerprint density at radius 1 is 1.47 bits per heavy atom. The van der Waals surface area contributed by atoms with Crippen LogP contribution in [0.2, 0.25) is 0 Å². The van der Waals surface area contributed by atoms with Crippen LogP contribution in [0.15, 0.2) is 0 Å². The smallest absolute Gasteiger partial charge is 0.326 e. The van der Waals surface area contributed by atoms with Crippen LogP contribution in [-0.4, -0.2) is 28.6 Å². The number of carboxylic acids is 1. The lowest BCUT2D eigenvalue weighted by atomic mass is 9.97. The lowest BCUT2D eigenvalue weighted by Crippen LogP contribution is -2.55. The number of carbonyl (C=O) groups excluding carboxylic acids is 1. The number of hydrogen-bond acceptors (Lipinski definition) is 3. The summed E-state index contributed by atoms with van der Waals surface area (Å²) in [6.45, 7) is 1.72. The molecule has 5 nitrogen and oxygen atoms in total. The van der Waals surface area contributed by atoms with E-state index in [4.69, 9.17) is 10.8 Å². The topological polar surface area (TPSA) is 92.4 Å². The summed E-state index contributed by atoms with van der Waals surface area (Å²) < 4.78 is 0. The second-order valence-electron chi connectivity index (χ2n) is 4.14. The summed E-state index contributed by atoms with van der Waals surface area (Å²) in [5.74, 6) is -1.33. The molecule has 0 radical (unpaired) electrons. The molecule has 86 valence electrons. The molecule has 0 saturated heterocycles. The summed E-state index contributed by atoms with van der Waals surface area (Å²) in [7, 11) is 0. The Labute approximate surface area is 89.0 Å². The van der Waals surface area contributed by atoms with Gasteiger partial charge in [-0.3, -0.25) is 4.79 Å². The normalized spacial score (nSPS) is 20.9. The van der Waals surface area contributed by atoms with E-state index in [0.717, 1.165) is 12.8 Å². The summed E-state index contributed by atoms with van der Waals surface area (Å²) in [5, 5.41) is 11.3. The van der Waals surface area contributed by atoms with Crippen molar-refractivity contribution in [1.29, 1.82) is 0 Å². The number of aliphatic carboxylic acids is 1. The monoisotopic (exact) mass is 214 g/mol. The maximum atomic E-state index is 11.7. The van der Waals surface area contributed by atoms with Gasteiger partial charge >= 0.3 is 5.97 Å². The van der Waals surface area contributed by atoms with Crippen molar-refractivity contribution in [3.05, 3.63) is 0 Å². The van der Waals surface area contributed by atoms with Gasteiger partial charge in [-0.1, -0.05) is 19.8 Å². The van der Waals surface area contributed by atoms with Gasteiger partial charge < -0.3 is 16.2 Å². The predicted octanol–water partition coefficient (Wildman–Crippen LogP) is 0.237. The van der Waals surface area contributed by atoms with E-state index in [2.05, 4.69) is 5.32 Å². The first kappa shape index (κ1) is 12.0. The van der Waals surface area contributed by atoms with E-state index >= 15 is 0 Å². The third-order valence-electron chi connectivity index (χ3n) is 2.96. The third kappa shape index (κ3) is 2.68. The minimum atomic E-state index is -1.01. The Morgan fingerprint density at radius 2 is 2.00 bits per heavy atom. The summed E-state index contributed by atoms with van der Waals surface area (Å²) in [4.78, 5) is 22.5. The molecule has 0 spiro atoms. The Kier molecular flexibility index (Phi) is 3.68. The fourth-order valence-electron chi connectivity index (χ4n) is 1.87. The van der Waals surface area contributed by atoms with Gasteiger partial charge in [-0.2, -0.15) is 0 Å². The molecule has 0 heterocycles. The molecule has 5 heteroatoms. The molecular weight excluding hydrogens is 196 g/mol. The van der Waals surface area contributed by atoms with Crippen LogP contribution in [0.25, 0.3) is 0 Å².